The fourth-order valence-electron chi connectivity index (χ4n) is 3.19. The standard InChI is InChI=1S/C14H17F2N5S.C2HF3O2/c15-14(16)2-1-9-8(7-14)10-11(22-9)12(20-13(17)19-10)21-5-3-18-4-6-21;3-2(4,5)1(6)7/h18H,1-7H2,(H2,17,19,20);(H,6,7). The van der Waals surface area contributed by atoms with E-state index in [0.29, 0.717) is 17.5 Å². The summed E-state index contributed by atoms with van der Waals surface area (Å²) in [4.78, 5) is 20.7. The number of carboxylic acid groups (broad SMARTS) is 1. The molecule has 3 heterocycles. The molecule has 0 spiro atoms. The van der Waals surface area contributed by atoms with Crippen LogP contribution in [0.1, 0.15) is 16.9 Å². The first-order chi connectivity index (χ1) is 13.5. The van der Waals surface area contributed by atoms with Crippen LogP contribution in [0.4, 0.5) is 33.7 Å². The van der Waals surface area contributed by atoms with Gasteiger partial charge in [-0.3, -0.25) is 0 Å². The number of rotatable bonds is 1. The largest absolute Gasteiger partial charge is 0.490 e. The molecule has 2 aromatic rings. The molecule has 29 heavy (non-hydrogen) atoms. The van der Waals surface area contributed by atoms with Crippen LogP contribution in [-0.2, 0) is 17.6 Å². The molecule has 0 radical (unpaired) electrons. The van der Waals surface area contributed by atoms with Crippen LogP contribution in [0.25, 0.3) is 10.2 Å². The minimum absolute atomic E-state index is 0.0846. The molecule has 0 unspecified atom stereocenters. The number of halogens is 5. The van der Waals surface area contributed by atoms with Gasteiger partial charge in [0.2, 0.25) is 5.95 Å². The molecule has 1 aliphatic carbocycles. The number of nitrogens with zero attached hydrogens (tertiary/aromatic N) is 3. The lowest BCUT2D eigenvalue weighted by Crippen LogP contribution is -2.44. The summed E-state index contributed by atoms with van der Waals surface area (Å²) < 4.78 is 60.1. The van der Waals surface area contributed by atoms with Gasteiger partial charge in [0.1, 0.15) is 0 Å². The molecule has 2 aromatic heterocycles. The number of alkyl halides is 5. The quantitative estimate of drug-likeness (QED) is 0.587. The molecule has 1 aliphatic heterocycles. The smallest absolute Gasteiger partial charge is 0.475 e. The van der Waals surface area contributed by atoms with Crippen molar-refractivity contribution in [1.82, 2.24) is 15.3 Å². The molecule has 4 N–H and O–H groups in total. The number of hydrogen-bond acceptors (Lipinski definition) is 7. The van der Waals surface area contributed by atoms with Crippen LogP contribution in [0.3, 0.4) is 0 Å². The van der Waals surface area contributed by atoms with Crippen LogP contribution < -0.4 is 16.0 Å². The zero-order chi connectivity index (χ0) is 21.4. The summed E-state index contributed by atoms with van der Waals surface area (Å²) in [6.45, 7) is 3.44. The highest BCUT2D eigenvalue weighted by molar-refractivity contribution is 7.19. The van der Waals surface area contributed by atoms with Crippen LogP contribution in [0.15, 0.2) is 0 Å². The third kappa shape index (κ3) is 4.83. The van der Waals surface area contributed by atoms with Crippen LogP contribution in [0, 0.1) is 0 Å². The van der Waals surface area contributed by atoms with Crippen LogP contribution >= 0.6 is 11.3 Å². The number of carboxylic acids is 1. The number of piperazine rings is 1. The van der Waals surface area contributed by atoms with E-state index in [4.69, 9.17) is 15.6 Å². The van der Waals surface area contributed by atoms with E-state index in [9.17, 15) is 22.0 Å². The number of aliphatic carboxylic acids is 1. The van der Waals surface area contributed by atoms with Crippen molar-refractivity contribution in [2.45, 2.75) is 31.4 Å². The van der Waals surface area contributed by atoms with Crippen molar-refractivity contribution in [3.05, 3.63) is 10.4 Å². The van der Waals surface area contributed by atoms with E-state index < -0.39 is 18.1 Å². The minimum atomic E-state index is -5.08. The highest BCUT2D eigenvalue weighted by atomic mass is 32.1. The maximum absolute atomic E-state index is 13.8. The topological polar surface area (TPSA) is 104 Å². The summed E-state index contributed by atoms with van der Waals surface area (Å²) in [5.74, 6) is -4.44. The van der Waals surface area contributed by atoms with Gasteiger partial charge in [0.25, 0.3) is 5.92 Å². The molecule has 160 valence electrons. The van der Waals surface area contributed by atoms with Gasteiger partial charge in [-0.1, -0.05) is 0 Å². The molecule has 0 aromatic carbocycles. The first-order valence-electron chi connectivity index (χ1n) is 8.69. The zero-order valence-electron chi connectivity index (χ0n) is 15.0. The number of fused-ring (bicyclic) bond motifs is 3. The second kappa shape index (κ2) is 7.86. The number of thiophene rings is 1. The first-order valence-corrected chi connectivity index (χ1v) is 9.51. The Morgan fingerprint density at radius 2 is 1.86 bits per heavy atom. The fourth-order valence-corrected chi connectivity index (χ4v) is 4.46. The van der Waals surface area contributed by atoms with Crippen LogP contribution in [-0.4, -0.2) is 59.3 Å². The van der Waals surface area contributed by atoms with E-state index >= 15 is 0 Å². The molecule has 0 saturated carbocycles. The average Bonchev–Trinajstić information content (AvgIpc) is 2.98. The molecule has 7 nitrogen and oxygen atoms in total. The number of anilines is 2. The maximum Gasteiger partial charge on any atom is 0.490 e. The van der Waals surface area contributed by atoms with Crippen molar-refractivity contribution in [3.8, 4) is 0 Å². The zero-order valence-corrected chi connectivity index (χ0v) is 15.8. The molecule has 2 aliphatic rings. The Morgan fingerprint density at radius 3 is 2.45 bits per heavy atom. The summed E-state index contributed by atoms with van der Waals surface area (Å²) >= 11 is 1.55. The Hall–Kier alpha value is -2.28. The Balaban J connectivity index is 0.000000298. The van der Waals surface area contributed by atoms with E-state index in [1.54, 1.807) is 11.3 Å². The summed E-state index contributed by atoms with van der Waals surface area (Å²) in [5, 5.41) is 10.4. The second-order valence-corrected chi connectivity index (χ2v) is 7.76. The van der Waals surface area contributed by atoms with E-state index in [-0.39, 0.29) is 18.8 Å². The molecule has 0 atom stereocenters. The van der Waals surface area contributed by atoms with Gasteiger partial charge in [-0.2, -0.15) is 18.2 Å². The van der Waals surface area contributed by atoms with E-state index in [1.807, 2.05) is 0 Å². The van der Waals surface area contributed by atoms with Gasteiger partial charge in [0.05, 0.1) is 10.2 Å². The van der Waals surface area contributed by atoms with Gasteiger partial charge in [-0.15, -0.1) is 11.3 Å². The van der Waals surface area contributed by atoms with Gasteiger partial charge < -0.3 is 21.1 Å². The molecule has 13 heteroatoms. The Labute approximate surface area is 165 Å². The van der Waals surface area contributed by atoms with Crippen LogP contribution in [0.2, 0.25) is 0 Å². The number of nitrogen functional groups attached to an aromatic ring is 1. The van der Waals surface area contributed by atoms with E-state index in [0.717, 1.165) is 41.6 Å². The van der Waals surface area contributed by atoms with E-state index in [1.165, 1.54) is 0 Å². The molecular formula is C16H18F5N5O2S. The number of nitrogens with one attached hydrogen (secondary N) is 1. The molecule has 1 fully saturated rings. The van der Waals surface area contributed by atoms with E-state index in [2.05, 4.69) is 20.2 Å². The monoisotopic (exact) mass is 439 g/mol. The third-order valence-corrected chi connectivity index (χ3v) is 5.80. The van der Waals surface area contributed by atoms with Crippen molar-refractivity contribution in [3.63, 3.8) is 0 Å². The van der Waals surface area contributed by atoms with Crippen LogP contribution in [0.5, 0.6) is 0 Å². The third-order valence-electron chi connectivity index (χ3n) is 4.52. The Bertz CT molecular complexity index is 911. The van der Waals surface area contributed by atoms with Gasteiger partial charge in [-0.25, -0.2) is 18.6 Å². The highest BCUT2D eigenvalue weighted by Gasteiger charge is 2.38. The maximum atomic E-state index is 13.8. The first kappa shape index (κ1) is 21.4. The lowest BCUT2D eigenvalue weighted by atomic mass is 9.95. The normalized spacial score (nSPS) is 18.7. The lowest BCUT2D eigenvalue weighted by molar-refractivity contribution is -0.192. The van der Waals surface area contributed by atoms with Crippen molar-refractivity contribution in [2.24, 2.45) is 0 Å². The highest BCUT2D eigenvalue weighted by Crippen LogP contribution is 2.43. The fraction of sp³-hybridized carbons (Fsp3) is 0.562. The summed E-state index contributed by atoms with van der Waals surface area (Å²) in [6, 6.07) is 0. The summed E-state index contributed by atoms with van der Waals surface area (Å²) in [6.07, 6.45) is -5.00. The van der Waals surface area contributed by atoms with Gasteiger partial charge >= 0.3 is 12.1 Å². The summed E-state index contributed by atoms with van der Waals surface area (Å²) in [5.41, 5.74) is 7.14. The van der Waals surface area contributed by atoms with Crippen molar-refractivity contribution in [2.75, 3.05) is 36.8 Å². The number of carbonyl (C=O) groups is 1. The number of hydrogen-bond donors (Lipinski definition) is 3. The predicted molar refractivity (Wildman–Crippen MR) is 97.6 cm³/mol. The lowest BCUT2D eigenvalue weighted by Gasteiger charge is -2.28. The minimum Gasteiger partial charge on any atom is -0.475 e. The Kier molecular flexibility index (Phi) is 5.81. The second-order valence-electron chi connectivity index (χ2n) is 6.66. The van der Waals surface area contributed by atoms with Crippen molar-refractivity contribution >= 4 is 39.3 Å². The number of aryl methyl sites for hydroxylation is 1. The molecular weight excluding hydrogens is 421 g/mol. The van der Waals surface area contributed by atoms with Gasteiger partial charge in [-0.05, 0) is 12.0 Å². The average molecular weight is 439 g/mol. The summed E-state index contributed by atoms with van der Waals surface area (Å²) in [7, 11) is 0. The molecule has 4 rings (SSSR count). The van der Waals surface area contributed by atoms with Crippen molar-refractivity contribution < 1.29 is 31.9 Å². The predicted octanol–water partition coefficient (Wildman–Crippen LogP) is 2.44. The SMILES string of the molecule is Nc1nc(N2CCNCC2)c2sc3c(c2n1)CC(F)(F)CC3.O=C(O)C(F)(F)F. The molecule has 0 amide bonds. The number of nitrogens with two attached hydrogens (primary N) is 1. The molecule has 0 bridgehead atoms. The van der Waals surface area contributed by atoms with Crippen molar-refractivity contribution in [1.29, 1.82) is 0 Å². The Morgan fingerprint density at radius 1 is 1.24 bits per heavy atom. The van der Waals surface area contributed by atoms with Gasteiger partial charge in [0, 0.05) is 43.9 Å². The molecule has 1 saturated heterocycles. The number of aromatic nitrogens is 2. The van der Waals surface area contributed by atoms with Gasteiger partial charge in [0.15, 0.2) is 5.82 Å².